The van der Waals surface area contributed by atoms with Crippen molar-refractivity contribution in [3.8, 4) is 5.75 Å². The molecule has 5 nitrogen and oxygen atoms in total. The first kappa shape index (κ1) is 18.4. The predicted molar refractivity (Wildman–Crippen MR) is 90.6 cm³/mol. The van der Waals surface area contributed by atoms with E-state index in [1.807, 2.05) is 0 Å². The van der Waals surface area contributed by atoms with Gasteiger partial charge in [-0.25, -0.2) is 8.78 Å². The molecule has 0 atom stereocenters. The average molecular weight is 348 g/mol. The Hall–Kier alpha value is -2.96. The fraction of sp³-hybridized carbons (Fsp3) is 0.222. The molecule has 0 saturated heterocycles. The molecule has 0 bridgehead atoms. The lowest BCUT2D eigenvalue weighted by atomic mass is 10.2. The zero-order chi connectivity index (χ0) is 18.4. The Morgan fingerprint density at radius 3 is 2.48 bits per heavy atom. The van der Waals surface area contributed by atoms with Crippen LogP contribution >= 0.6 is 0 Å². The summed E-state index contributed by atoms with van der Waals surface area (Å²) >= 11 is 0. The lowest BCUT2D eigenvalue weighted by Gasteiger charge is -2.23. The van der Waals surface area contributed by atoms with E-state index in [1.54, 1.807) is 24.3 Å². The third-order valence-electron chi connectivity index (χ3n) is 3.52. The van der Waals surface area contributed by atoms with E-state index in [-0.39, 0.29) is 24.6 Å². The number of carbonyl (C=O) groups is 2. The van der Waals surface area contributed by atoms with Crippen LogP contribution in [0.4, 0.5) is 20.2 Å². The number of carbonyl (C=O) groups excluding carboxylic acids is 2. The Morgan fingerprint density at radius 2 is 1.84 bits per heavy atom. The van der Waals surface area contributed by atoms with Gasteiger partial charge in [-0.2, -0.15) is 0 Å². The maximum atomic E-state index is 13.2. The standard InChI is InChI=1S/C18H18F2N2O3/c1-12(23)22(16-5-3-4-6-17(16)25-2)10-9-18(24)21-13-7-8-14(19)15(20)11-13/h3-8,11H,9-10H2,1-2H3,(H,21,24). The largest absolute Gasteiger partial charge is 0.495 e. The zero-order valence-electron chi connectivity index (χ0n) is 13.9. The number of nitrogens with one attached hydrogen (secondary N) is 1. The zero-order valence-corrected chi connectivity index (χ0v) is 13.9. The SMILES string of the molecule is COc1ccccc1N(CCC(=O)Nc1ccc(F)c(F)c1)C(C)=O. The molecule has 132 valence electrons. The molecule has 0 saturated carbocycles. The van der Waals surface area contributed by atoms with Crippen LogP contribution in [-0.4, -0.2) is 25.5 Å². The normalized spacial score (nSPS) is 10.2. The van der Waals surface area contributed by atoms with Gasteiger partial charge in [0.15, 0.2) is 11.6 Å². The first-order chi connectivity index (χ1) is 11.9. The van der Waals surface area contributed by atoms with Crippen LogP contribution in [0.25, 0.3) is 0 Å². The topological polar surface area (TPSA) is 58.6 Å². The van der Waals surface area contributed by atoms with Crippen molar-refractivity contribution in [2.24, 2.45) is 0 Å². The molecule has 2 aromatic carbocycles. The highest BCUT2D eigenvalue weighted by Gasteiger charge is 2.17. The number of hydrogen-bond acceptors (Lipinski definition) is 3. The minimum Gasteiger partial charge on any atom is -0.495 e. The molecule has 0 spiro atoms. The van der Waals surface area contributed by atoms with Gasteiger partial charge in [0, 0.05) is 31.6 Å². The van der Waals surface area contributed by atoms with Crippen LogP contribution in [0, 0.1) is 11.6 Å². The first-order valence-electron chi connectivity index (χ1n) is 7.58. The van der Waals surface area contributed by atoms with E-state index in [2.05, 4.69) is 5.32 Å². The fourth-order valence-corrected chi connectivity index (χ4v) is 2.31. The molecule has 0 fully saturated rings. The molecule has 7 heteroatoms. The van der Waals surface area contributed by atoms with Crippen molar-refractivity contribution in [2.45, 2.75) is 13.3 Å². The number of benzene rings is 2. The number of nitrogens with zero attached hydrogens (tertiary/aromatic N) is 1. The maximum Gasteiger partial charge on any atom is 0.226 e. The second kappa shape index (κ2) is 8.23. The van der Waals surface area contributed by atoms with E-state index < -0.39 is 17.5 Å². The fourth-order valence-electron chi connectivity index (χ4n) is 2.31. The molecular formula is C18H18F2N2O3. The summed E-state index contributed by atoms with van der Waals surface area (Å²) in [6.45, 7) is 1.50. The Bertz CT molecular complexity index is 781. The molecular weight excluding hydrogens is 330 g/mol. The predicted octanol–water partition coefficient (Wildman–Crippen LogP) is 3.36. The molecule has 25 heavy (non-hydrogen) atoms. The van der Waals surface area contributed by atoms with E-state index in [0.717, 1.165) is 12.1 Å². The molecule has 0 radical (unpaired) electrons. The van der Waals surface area contributed by atoms with Crippen molar-refractivity contribution < 1.29 is 23.1 Å². The van der Waals surface area contributed by atoms with Gasteiger partial charge in [-0.15, -0.1) is 0 Å². The smallest absolute Gasteiger partial charge is 0.226 e. The molecule has 0 heterocycles. The first-order valence-corrected chi connectivity index (χ1v) is 7.58. The summed E-state index contributed by atoms with van der Waals surface area (Å²) < 4.78 is 31.3. The van der Waals surface area contributed by atoms with E-state index in [9.17, 15) is 18.4 Å². The third kappa shape index (κ3) is 4.76. The molecule has 0 unspecified atom stereocenters. The number of rotatable bonds is 6. The monoisotopic (exact) mass is 348 g/mol. The van der Waals surface area contributed by atoms with Crippen molar-refractivity contribution in [1.82, 2.24) is 0 Å². The Kier molecular flexibility index (Phi) is 6.05. The maximum absolute atomic E-state index is 13.2. The van der Waals surface area contributed by atoms with Crippen LogP contribution < -0.4 is 15.0 Å². The molecule has 0 aromatic heterocycles. The van der Waals surface area contributed by atoms with Gasteiger partial charge >= 0.3 is 0 Å². The molecule has 1 N–H and O–H groups in total. The van der Waals surface area contributed by atoms with Gasteiger partial charge in [-0.3, -0.25) is 9.59 Å². The number of anilines is 2. The molecule has 0 aliphatic heterocycles. The molecule has 2 rings (SSSR count). The highest BCUT2D eigenvalue weighted by Crippen LogP contribution is 2.28. The van der Waals surface area contributed by atoms with Crippen LogP contribution in [-0.2, 0) is 9.59 Å². The van der Waals surface area contributed by atoms with Crippen molar-refractivity contribution in [1.29, 1.82) is 0 Å². The van der Waals surface area contributed by atoms with E-state index in [1.165, 1.54) is 25.0 Å². The number of methoxy groups -OCH3 is 1. The van der Waals surface area contributed by atoms with Gasteiger partial charge < -0.3 is 15.0 Å². The number of para-hydroxylation sites is 2. The Labute approximate surface area is 144 Å². The van der Waals surface area contributed by atoms with E-state index in [0.29, 0.717) is 11.4 Å². The van der Waals surface area contributed by atoms with Gasteiger partial charge in [0.25, 0.3) is 0 Å². The quantitative estimate of drug-likeness (QED) is 0.871. The summed E-state index contributed by atoms with van der Waals surface area (Å²) in [4.78, 5) is 25.4. The summed E-state index contributed by atoms with van der Waals surface area (Å²) in [6, 6.07) is 10.1. The Balaban J connectivity index is 2.04. The van der Waals surface area contributed by atoms with Gasteiger partial charge in [-0.1, -0.05) is 12.1 Å². The second-order valence-electron chi connectivity index (χ2n) is 5.27. The Morgan fingerprint density at radius 1 is 1.12 bits per heavy atom. The summed E-state index contributed by atoms with van der Waals surface area (Å²) in [5, 5.41) is 2.47. The molecule has 2 amide bonds. The number of halogens is 2. The van der Waals surface area contributed by atoms with Crippen LogP contribution in [0.1, 0.15) is 13.3 Å². The van der Waals surface area contributed by atoms with Crippen LogP contribution in [0.3, 0.4) is 0 Å². The summed E-state index contributed by atoms with van der Waals surface area (Å²) in [5.41, 5.74) is 0.702. The van der Waals surface area contributed by atoms with Crippen LogP contribution in [0.15, 0.2) is 42.5 Å². The highest BCUT2D eigenvalue weighted by molar-refractivity contribution is 5.95. The van der Waals surface area contributed by atoms with E-state index in [4.69, 9.17) is 4.74 Å². The lowest BCUT2D eigenvalue weighted by Crippen LogP contribution is -2.32. The van der Waals surface area contributed by atoms with Crippen molar-refractivity contribution in [3.63, 3.8) is 0 Å². The summed E-state index contributed by atoms with van der Waals surface area (Å²) in [6.07, 6.45) is -0.0172. The van der Waals surface area contributed by atoms with Crippen molar-refractivity contribution in [2.75, 3.05) is 23.9 Å². The number of amides is 2. The third-order valence-corrected chi connectivity index (χ3v) is 3.52. The summed E-state index contributed by atoms with van der Waals surface area (Å²) in [7, 11) is 1.49. The van der Waals surface area contributed by atoms with E-state index >= 15 is 0 Å². The van der Waals surface area contributed by atoms with Crippen LogP contribution in [0.2, 0.25) is 0 Å². The second-order valence-corrected chi connectivity index (χ2v) is 5.27. The minimum atomic E-state index is -1.04. The van der Waals surface area contributed by atoms with Crippen molar-refractivity contribution in [3.05, 3.63) is 54.1 Å². The van der Waals surface area contributed by atoms with Gasteiger partial charge in [0.05, 0.1) is 12.8 Å². The average Bonchev–Trinajstić information content (AvgIpc) is 2.58. The lowest BCUT2D eigenvalue weighted by molar-refractivity contribution is -0.117. The van der Waals surface area contributed by atoms with Crippen LogP contribution in [0.5, 0.6) is 5.75 Å². The number of ether oxygens (including phenoxy) is 1. The van der Waals surface area contributed by atoms with Crippen molar-refractivity contribution >= 4 is 23.2 Å². The molecule has 0 aliphatic carbocycles. The highest BCUT2D eigenvalue weighted by atomic mass is 19.2. The number of hydrogen-bond donors (Lipinski definition) is 1. The molecule has 0 aliphatic rings. The van der Waals surface area contributed by atoms with Gasteiger partial charge in [0.1, 0.15) is 5.75 Å². The van der Waals surface area contributed by atoms with Gasteiger partial charge in [0.2, 0.25) is 11.8 Å². The minimum absolute atomic E-state index is 0.0172. The van der Waals surface area contributed by atoms with Gasteiger partial charge in [-0.05, 0) is 24.3 Å². The summed E-state index contributed by atoms with van der Waals surface area (Å²) in [5.74, 6) is -2.19. The molecule has 2 aromatic rings.